The third-order valence-corrected chi connectivity index (χ3v) is 4.93. The highest BCUT2D eigenvalue weighted by molar-refractivity contribution is 5.94. The van der Waals surface area contributed by atoms with E-state index < -0.39 is 11.6 Å². The first-order valence-corrected chi connectivity index (χ1v) is 9.19. The second kappa shape index (κ2) is 7.50. The van der Waals surface area contributed by atoms with Gasteiger partial charge in [0.05, 0.1) is 0 Å². The van der Waals surface area contributed by atoms with E-state index in [0.29, 0.717) is 24.7 Å². The Hall–Kier alpha value is -3.09. The van der Waals surface area contributed by atoms with Crippen molar-refractivity contribution >= 4 is 5.91 Å². The minimum atomic E-state index is -1.04. The lowest BCUT2D eigenvalue weighted by Gasteiger charge is -2.33. The molecule has 5 nitrogen and oxygen atoms in total. The summed E-state index contributed by atoms with van der Waals surface area (Å²) in [6, 6.07) is 10.5. The molecule has 0 radical (unpaired) electrons. The van der Waals surface area contributed by atoms with E-state index in [1.807, 2.05) is 31.2 Å². The van der Waals surface area contributed by atoms with Crippen LogP contribution in [0.4, 0.5) is 8.78 Å². The van der Waals surface area contributed by atoms with Gasteiger partial charge in [-0.25, -0.2) is 8.78 Å². The van der Waals surface area contributed by atoms with Crippen LogP contribution < -0.4 is 0 Å². The normalized spacial score (nSPS) is 17.0. The first kappa shape index (κ1) is 18.3. The van der Waals surface area contributed by atoms with Crippen LogP contribution in [0.3, 0.4) is 0 Å². The Labute approximate surface area is 161 Å². The van der Waals surface area contributed by atoms with E-state index in [0.717, 1.165) is 36.1 Å². The molecule has 2 heterocycles. The molecule has 0 N–H and O–H groups in total. The summed E-state index contributed by atoms with van der Waals surface area (Å²) >= 11 is 0. The number of likely N-dealkylation sites (tertiary alicyclic amines) is 1. The molecular weight excluding hydrogens is 364 g/mol. The average molecular weight is 383 g/mol. The molecule has 0 spiro atoms. The number of nitrogens with zero attached hydrogens (tertiary/aromatic N) is 3. The molecule has 0 bridgehead atoms. The minimum absolute atomic E-state index is 0.101. The van der Waals surface area contributed by atoms with E-state index in [1.165, 1.54) is 6.07 Å². The van der Waals surface area contributed by atoms with Crippen LogP contribution in [0, 0.1) is 18.6 Å². The first-order valence-electron chi connectivity index (χ1n) is 9.19. The van der Waals surface area contributed by atoms with Gasteiger partial charge in [0.2, 0.25) is 11.7 Å². The summed E-state index contributed by atoms with van der Waals surface area (Å²) in [4.78, 5) is 19.0. The van der Waals surface area contributed by atoms with Crippen molar-refractivity contribution in [2.75, 3.05) is 6.54 Å². The number of hydrogen-bond donors (Lipinski definition) is 0. The second-order valence-electron chi connectivity index (χ2n) is 6.96. The van der Waals surface area contributed by atoms with Gasteiger partial charge >= 0.3 is 0 Å². The number of benzene rings is 2. The lowest BCUT2D eigenvalue weighted by molar-refractivity contribution is 0.0561. The van der Waals surface area contributed by atoms with E-state index in [9.17, 15) is 13.6 Å². The zero-order chi connectivity index (χ0) is 19.7. The molecule has 3 aromatic rings. The number of aromatic nitrogens is 2. The van der Waals surface area contributed by atoms with Gasteiger partial charge in [0.1, 0.15) is 6.04 Å². The lowest BCUT2D eigenvalue weighted by Crippen LogP contribution is -2.38. The van der Waals surface area contributed by atoms with Gasteiger partial charge in [0.25, 0.3) is 5.91 Å². The van der Waals surface area contributed by atoms with Crippen molar-refractivity contribution in [3.05, 3.63) is 71.1 Å². The van der Waals surface area contributed by atoms with Gasteiger partial charge in [-0.05, 0) is 50.5 Å². The third kappa shape index (κ3) is 3.52. The maximum absolute atomic E-state index is 13.6. The van der Waals surface area contributed by atoms with Crippen LogP contribution in [-0.4, -0.2) is 27.5 Å². The summed E-state index contributed by atoms with van der Waals surface area (Å²) in [7, 11) is 0. The van der Waals surface area contributed by atoms with Crippen molar-refractivity contribution in [1.29, 1.82) is 0 Å². The summed E-state index contributed by atoms with van der Waals surface area (Å²) in [5, 5.41) is 4.06. The number of aryl methyl sites for hydroxylation is 1. The van der Waals surface area contributed by atoms with Gasteiger partial charge in [0.15, 0.2) is 11.6 Å². The number of carbonyl (C=O) groups is 1. The molecule has 1 amide bonds. The van der Waals surface area contributed by atoms with Crippen LogP contribution in [0.1, 0.15) is 47.1 Å². The molecule has 1 saturated heterocycles. The standard InChI is InChI=1S/C21H19F2N3O2/c1-13-5-4-6-14(11-13)19-24-20(28-25-19)18-7-2-3-10-26(18)21(27)15-8-9-16(22)17(23)12-15/h4-6,8-9,11-12,18H,2-3,7,10H2,1H3/t18-/m1/s1. The molecule has 1 aliphatic rings. The molecule has 4 rings (SSSR count). The maximum Gasteiger partial charge on any atom is 0.254 e. The Morgan fingerprint density at radius 3 is 2.79 bits per heavy atom. The van der Waals surface area contributed by atoms with Crippen molar-refractivity contribution in [2.24, 2.45) is 0 Å². The molecule has 0 aliphatic carbocycles. The summed E-state index contributed by atoms with van der Waals surface area (Å²) in [6.45, 7) is 2.47. The Morgan fingerprint density at radius 2 is 2.00 bits per heavy atom. The van der Waals surface area contributed by atoms with E-state index in [2.05, 4.69) is 10.1 Å². The molecule has 1 atom stereocenters. The number of piperidine rings is 1. The molecule has 1 aliphatic heterocycles. The van der Waals surface area contributed by atoms with Crippen molar-refractivity contribution < 1.29 is 18.1 Å². The van der Waals surface area contributed by atoms with E-state index >= 15 is 0 Å². The highest BCUT2D eigenvalue weighted by atomic mass is 19.2. The summed E-state index contributed by atoms with van der Waals surface area (Å²) in [6.07, 6.45) is 2.41. The zero-order valence-corrected chi connectivity index (χ0v) is 15.4. The monoisotopic (exact) mass is 383 g/mol. The molecule has 7 heteroatoms. The molecule has 28 heavy (non-hydrogen) atoms. The topological polar surface area (TPSA) is 59.2 Å². The van der Waals surface area contributed by atoms with Crippen LogP contribution in [0.15, 0.2) is 47.0 Å². The van der Waals surface area contributed by atoms with Gasteiger partial charge in [-0.2, -0.15) is 4.98 Å². The Morgan fingerprint density at radius 1 is 1.14 bits per heavy atom. The molecule has 0 unspecified atom stereocenters. The Kier molecular flexibility index (Phi) is 4.90. The van der Waals surface area contributed by atoms with Crippen LogP contribution in [0.5, 0.6) is 0 Å². The maximum atomic E-state index is 13.6. The fraction of sp³-hybridized carbons (Fsp3) is 0.286. The SMILES string of the molecule is Cc1cccc(-c2noc([C@H]3CCCCN3C(=O)c3ccc(F)c(F)c3)n2)c1. The molecular formula is C21H19F2N3O2. The summed E-state index contributed by atoms with van der Waals surface area (Å²) < 4.78 is 32.2. The fourth-order valence-corrected chi connectivity index (χ4v) is 3.50. The number of carbonyl (C=O) groups excluding carboxylic acids is 1. The number of rotatable bonds is 3. The largest absolute Gasteiger partial charge is 0.337 e. The van der Waals surface area contributed by atoms with Crippen LogP contribution in [-0.2, 0) is 0 Å². The second-order valence-corrected chi connectivity index (χ2v) is 6.96. The van der Waals surface area contributed by atoms with Crippen LogP contribution >= 0.6 is 0 Å². The molecule has 144 valence electrons. The van der Waals surface area contributed by atoms with Gasteiger partial charge < -0.3 is 9.42 Å². The highest BCUT2D eigenvalue weighted by Gasteiger charge is 2.33. The van der Waals surface area contributed by atoms with Gasteiger partial charge in [-0.3, -0.25) is 4.79 Å². The van der Waals surface area contributed by atoms with E-state index in [-0.39, 0.29) is 17.5 Å². The van der Waals surface area contributed by atoms with Crippen molar-refractivity contribution in [1.82, 2.24) is 15.0 Å². The highest BCUT2D eigenvalue weighted by Crippen LogP contribution is 2.32. The van der Waals surface area contributed by atoms with Gasteiger partial charge in [0, 0.05) is 17.7 Å². The van der Waals surface area contributed by atoms with Gasteiger partial charge in [-0.15, -0.1) is 0 Å². The number of amides is 1. The minimum Gasteiger partial charge on any atom is -0.337 e. The summed E-state index contributed by atoms with van der Waals surface area (Å²) in [5.41, 5.74) is 2.02. The number of halogens is 2. The smallest absolute Gasteiger partial charge is 0.254 e. The predicted molar refractivity (Wildman–Crippen MR) is 98.5 cm³/mol. The van der Waals surface area contributed by atoms with E-state index in [4.69, 9.17) is 4.52 Å². The molecule has 2 aromatic carbocycles. The number of hydrogen-bond acceptors (Lipinski definition) is 4. The Balaban J connectivity index is 1.62. The predicted octanol–water partition coefficient (Wildman–Crippen LogP) is 4.69. The Bertz CT molecular complexity index is 1020. The van der Waals surface area contributed by atoms with Crippen molar-refractivity contribution in [2.45, 2.75) is 32.2 Å². The van der Waals surface area contributed by atoms with Crippen molar-refractivity contribution in [3.8, 4) is 11.4 Å². The quantitative estimate of drug-likeness (QED) is 0.658. The van der Waals surface area contributed by atoms with Gasteiger partial charge in [-0.1, -0.05) is 28.9 Å². The third-order valence-electron chi connectivity index (χ3n) is 4.93. The van der Waals surface area contributed by atoms with Crippen molar-refractivity contribution in [3.63, 3.8) is 0 Å². The fourth-order valence-electron chi connectivity index (χ4n) is 3.50. The average Bonchev–Trinajstić information content (AvgIpc) is 3.20. The lowest BCUT2D eigenvalue weighted by atomic mass is 10.0. The summed E-state index contributed by atoms with van der Waals surface area (Å²) in [5.74, 6) is -1.58. The molecule has 1 aromatic heterocycles. The molecule has 0 saturated carbocycles. The zero-order valence-electron chi connectivity index (χ0n) is 15.4. The first-order chi connectivity index (χ1) is 13.5. The van der Waals surface area contributed by atoms with Crippen LogP contribution in [0.2, 0.25) is 0 Å². The van der Waals surface area contributed by atoms with Crippen LogP contribution in [0.25, 0.3) is 11.4 Å². The molecule has 1 fully saturated rings. The van der Waals surface area contributed by atoms with E-state index in [1.54, 1.807) is 4.90 Å².